The van der Waals surface area contributed by atoms with Crippen molar-refractivity contribution in [2.75, 3.05) is 5.32 Å². The minimum absolute atomic E-state index is 0.0212. The Labute approximate surface area is 126 Å². The molecular formula is C12H9ClF3N3OS. The van der Waals surface area contributed by atoms with Crippen molar-refractivity contribution in [1.29, 1.82) is 0 Å². The number of anilines is 2. The molecule has 0 radical (unpaired) electrons. The fourth-order valence-electron chi connectivity index (χ4n) is 1.57. The number of carbonyl (C=O) groups is 1. The lowest BCUT2D eigenvalue weighted by atomic mass is 10.2. The molecule has 0 saturated carbocycles. The molecule has 2 rings (SSSR count). The zero-order valence-electron chi connectivity index (χ0n) is 10.4. The highest BCUT2D eigenvalue weighted by Gasteiger charge is 2.33. The summed E-state index contributed by atoms with van der Waals surface area (Å²) in [7, 11) is 0. The van der Waals surface area contributed by atoms with E-state index >= 15 is 0 Å². The van der Waals surface area contributed by atoms with Crippen LogP contribution in [0.5, 0.6) is 0 Å². The van der Waals surface area contributed by atoms with Crippen LogP contribution in [0.3, 0.4) is 0 Å². The third kappa shape index (κ3) is 4.08. The van der Waals surface area contributed by atoms with Gasteiger partial charge in [-0.05, 0) is 18.2 Å². The summed E-state index contributed by atoms with van der Waals surface area (Å²) in [6, 6.07) is 3.47. The van der Waals surface area contributed by atoms with E-state index in [-0.39, 0.29) is 17.1 Å². The lowest BCUT2D eigenvalue weighted by molar-refractivity contribution is -0.137. The van der Waals surface area contributed by atoms with Crippen LogP contribution in [-0.2, 0) is 17.4 Å². The fraction of sp³-hybridized carbons (Fsp3) is 0.167. The normalized spacial score (nSPS) is 11.4. The summed E-state index contributed by atoms with van der Waals surface area (Å²) in [6.45, 7) is 0. The van der Waals surface area contributed by atoms with Gasteiger partial charge in [-0.15, -0.1) is 11.3 Å². The number of hydrogen-bond acceptors (Lipinski definition) is 4. The van der Waals surface area contributed by atoms with Gasteiger partial charge < -0.3 is 11.1 Å². The van der Waals surface area contributed by atoms with Crippen LogP contribution in [0, 0.1) is 0 Å². The van der Waals surface area contributed by atoms with E-state index in [1.165, 1.54) is 6.07 Å². The molecule has 0 aliphatic heterocycles. The fourth-order valence-corrected chi connectivity index (χ4v) is 2.52. The molecule has 0 unspecified atom stereocenters. The van der Waals surface area contributed by atoms with Crippen LogP contribution in [0.4, 0.5) is 24.0 Å². The third-order valence-corrected chi connectivity index (χ3v) is 3.57. The largest absolute Gasteiger partial charge is 0.417 e. The van der Waals surface area contributed by atoms with Gasteiger partial charge in [0.15, 0.2) is 5.13 Å². The van der Waals surface area contributed by atoms with Gasteiger partial charge in [0.2, 0.25) is 5.91 Å². The number of benzene rings is 1. The predicted octanol–water partition coefficient (Wildman–Crippen LogP) is 3.59. The van der Waals surface area contributed by atoms with Crippen molar-refractivity contribution in [3.63, 3.8) is 0 Å². The molecule has 1 aromatic carbocycles. The molecule has 0 bridgehead atoms. The summed E-state index contributed by atoms with van der Waals surface area (Å²) in [5.74, 6) is -0.530. The van der Waals surface area contributed by atoms with Gasteiger partial charge in [-0.2, -0.15) is 13.2 Å². The topological polar surface area (TPSA) is 68.0 Å². The molecule has 0 atom stereocenters. The van der Waals surface area contributed by atoms with Gasteiger partial charge in [0.05, 0.1) is 22.7 Å². The number of nitrogens with one attached hydrogen (secondary N) is 1. The third-order valence-electron chi connectivity index (χ3n) is 2.43. The number of hydrogen-bond donors (Lipinski definition) is 2. The van der Waals surface area contributed by atoms with Crippen LogP contribution in [0.25, 0.3) is 0 Å². The molecular weight excluding hydrogens is 327 g/mol. The molecule has 0 aliphatic rings. The second kappa shape index (κ2) is 5.90. The summed E-state index contributed by atoms with van der Waals surface area (Å²) < 4.78 is 38.2. The molecule has 4 nitrogen and oxygen atoms in total. The van der Waals surface area contributed by atoms with E-state index in [2.05, 4.69) is 10.3 Å². The number of aromatic nitrogens is 1. The van der Waals surface area contributed by atoms with Crippen LogP contribution >= 0.6 is 22.9 Å². The Morgan fingerprint density at radius 2 is 2.14 bits per heavy atom. The number of halogens is 4. The minimum atomic E-state index is -4.53. The van der Waals surface area contributed by atoms with E-state index < -0.39 is 17.6 Å². The van der Waals surface area contributed by atoms with Crippen molar-refractivity contribution in [3.05, 3.63) is 39.9 Å². The average molecular weight is 336 g/mol. The summed E-state index contributed by atoms with van der Waals surface area (Å²) in [4.78, 5) is 14.8. The van der Waals surface area contributed by atoms with E-state index in [0.29, 0.717) is 10.8 Å². The highest BCUT2D eigenvalue weighted by molar-refractivity contribution is 7.13. The van der Waals surface area contributed by atoms with E-state index in [0.717, 1.165) is 23.5 Å². The zero-order valence-corrected chi connectivity index (χ0v) is 11.9. The molecule has 21 heavy (non-hydrogen) atoms. The molecule has 0 aliphatic carbocycles. The van der Waals surface area contributed by atoms with Crippen LogP contribution in [0.1, 0.15) is 11.3 Å². The smallest absolute Gasteiger partial charge is 0.369 e. The van der Waals surface area contributed by atoms with Gasteiger partial charge in [0.25, 0.3) is 0 Å². The van der Waals surface area contributed by atoms with Crippen molar-refractivity contribution < 1.29 is 18.0 Å². The molecule has 1 heterocycles. The maximum Gasteiger partial charge on any atom is 0.417 e. The minimum Gasteiger partial charge on any atom is -0.369 e. The Kier molecular flexibility index (Phi) is 4.38. The summed E-state index contributed by atoms with van der Waals surface area (Å²) in [5.41, 5.74) is 4.77. The van der Waals surface area contributed by atoms with Crippen molar-refractivity contribution in [2.24, 2.45) is 5.73 Å². The number of nitrogens with zero attached hydrogens (tertiary/aromatic N) is 1. The molecule has 112 valence electrons. The van der Waals surface area contributed by atoms with E-state index in [4.69, 9.17) is 17.3 Å². The Morgan fingerprint density at radius 1 is 1.43 bits per heavy atom. The second-order valence-corrected chi connectivity index (χ2v) is 5.37. The second-order valence-electron chi connectivity index (χ2n) is 4.10. The van der Waals surface area contributed by atoms with Gasteiger partial charge >= 0.3 is 6.18 Å². The number of thiazole rings is 1. The van der Waals surface area contributed by atoms with Crippen LogP contribution in [-0.4, -0.2) is 10.9 Å². The first kappa shape index (κ1) is 15.6. The van der Waals surface area contributed by atoms with Gasteiger partial charge in [-0.25, -0.2) is 4.98 Å². The van der Waals surface area contributed by atoms with Gasteiger partial charge in [0.1, 0.15) is 0 Å². The number of rotatable bonds is 4. The van der Waals surface area contributed by atoms with Gasteiger partial charge in [0, 0.05) is 11.1 Å². The summed E-state index contributed by atoms with van der Waals surface area (Å²) in [6.07, 6.45) is -4.55. The van der Waals surface area contributed by atoms with Crippen molar-refractivity contribution >= 4 is 39.7 Å². The standard InChI is InChI=1S/C12H9ClF3N3OS/c13-9-2-1-6(3-8(9)12(14,15)16)18-11-19-7(5-21-11)4-10(17)20/h1-3,5H,4H2,(H2,17,20)(H,18,19). The van der Waals surface area contributed by atoms with E-state index in [9.17, 15) is 18.0 Å². The first-order valence-electron chi connectivity index (χ1n) is 5.62. The first-order chi connectivity index (χ1) is 9.75. The SMILES string of the molecule is NC(=O)Cc1csc(Nc2ccc(Cl)c(C(F)(F)F)c2)n1. The Morgan fingerprint density at radius 3 is 2.76 bits per heavy atom. The molecule has 0 fully saturated rings. The zero-order chi connectivity index (χ0) is 15.6. The molecule has 0 saturated heterocycles. The molecule has 0 spiro atoms. The lowest BCUT2D eigenvalue weighted by Gasteiger charge is -2.11. The predicted molar refractivity (Wildman–Crippen MR) is 74.7 cm³/mol. The first-order valence-corrected chi connectivity index (χ1v) is 6.88. The lowest BCUT2D eigenvalue weighted by Crippen LogP contribution is -2.13. The van der Waals surface area contributed by atoms with Crippen molar-refractivity contribution in [2.45, 2.75) is 12.6 Å². The highest BCUT2D eigenvalue weighted by atomic mass is 35.5. The van der Waals surface area contributed by atoms with Crippen LogP contribution < -0.4 is 11.1 Å². The molecule has 9 heteroatoms. The summed E-state index contributed by atoms with van der Waals surface area (Å²) in [5, 5.41) is 4.33. The quantitative estimate of drug-likeness (QED) is 0.897. The average Bonchev–Trinajstić information content (AvgIpc) is 2.76. The number of nitrogens with two attached hydrogens (primary N) is 1. The van der Waals surface area contributed by atoms with Crippen LogP contribution in [0.15, 0.2) is 23.6 Å². The van der Waals surface area contributed by atoms with E-state index in [1.807, 2.05) is 0 Å². The van der Waals surface area contributed by atoms with Crippen molar-refractivity contribution in [3.8, 4) is 0 Å². The maximum atomic E-state index is 12.7. The van der Waals surface area contributed by atoms with Crippen molar-refractivity contribution in [1.82, 2.24) is 4.98 Å². The van der Waals surface area contributed by atoms with Crippen LogP contribution in [0.2, 0.25) is 5.02 Å². The molecule has 1 aromatic heterocycles. The van der Waals surface area contributed by atoms with E-state index in [1.54, 1.807) is 5.38 Å². The monoisotopic (exact) mass is 335 g/mol. The Balaban J connectivity index is 2.20. The van der Waals surface area contributed by atoms with Gasteiger partial charge in [-0.3, -0.25) is 4.79 Å². The molecule has 3 N–H and O–H groups in total. The Bertz CT molecular complexity index is 672. The number of amides is 1. The summed E-state index contributed by atoms with van der Waals surface area (Å²) >= 11 is 6.69. The van der Waals surface area contributed by atoms with Gasteiger partial charge in [-0.1, -0.05) is 11.6 Å². The molecule has 1 amide bonds. The molecule has 2 aromatic rings. The maximum absolute atomic E-state index is 12.7. The number of carbonyl (C=O) groups excluding carboxylic acids is 1. The highest BCUT2D eigenvalue weighted by Crippen LogP contribution is 2.36. The Hall–Kier alpha value is -1.80. The number of primary amides is 1. The number of alkyl halides is 3.